The van der Waals surface area contributed by atoms with Crippen molar-refractivity contribution in [1.82, 2.24) is 18.3 Å². The topological polar surface area (TPSA) is 38.2 Å². The standard InChI is InChI=1S/C22H24N4O2S2/c29-21-23-9-13-27-15-11-25-19-7-3-4-8-20(19)26(22(25)30)12-16-28-14-10-24(21)18-6-2-1-5-17(18)23/h1-8H,9-16H2. The Labute approximate surface area is 184 Å². The Bertz CT molecular complexity index is 1120. The molecule has 4 bridgehead atoms. The highest BCUT2D eigenvalue weighted by Gasteiger charge is 2.12. The largest absolute Gasteiger partial charge is 0.378 e. The molecular formula is C22H24N4O2S2. The Kier molecular flexibility index (Phi) is 5.56. The lowest BCUT2D eigenvalue weighted by molar-refractivity contribution is 0.114. The zero-order chi connectivity index (χ0) is 20.5. The van der Waals surface area contributed by atoms with Crippen molar-refractivity contribution in [2.75, 3.05) is 26.4 Å². The summed E-state index contributed by atoms with van der Waals surface area (Å²) in [7, 11) is 0. The van der Waals surface area contributed by atoms with E-state index < -0.39 is 0 Å². The van der Waals surface area contributed by atoms with Gasteiger partial charge in [0, 0.05) is 26.2 Å². The third kappa shape index (κ3) is 3.43. The average Bonchev–Trinajstić information content (AvgIpc) is 3.19. The first-order chi connectivity index (χ1) is 14.8. The molecule has 1 aliphatic heterocycles. The van der Waals surface area contributed by atoms with Gasteiger partial charge in [-0.1, -0.05) is 24.3 Å². The number of para-hydroxylation sites is 4. The van der Waals surface area contributed by atoms with Crippen molar-refractivity contribution >= 4 is 46.5 Å². The lowest BCUT2D eigenvalue weighted by atomic mass is 10.3. The zero-order valence-corrected chi connectivity index (χ0v) is 18.3. The second-order valence-corrected chi connectivity index (χ2v) is 8.10. The first-order valence-corrected chi connectivity index (χ1v) is 11.1. The maximum Gasteiger partial charge on any atom is 0.180 e. The molecule has 156 valence electrons. The summed E-state index contributed by atoms with van der Waals surface area (Å²) in [6, 6.07) is 16.7. The second kappa shape index (κ2) is 8.47. The highest BCUT2D eigenvalue weighted by molar-refractivity contribution is 7.71. The molecule has 4 aromatic rings. The zero-order valence-electron chi connectivity index (χ0n) is 16.7. The van der Waals surface area contributed by atoms with Gasteiger partial charge in [0.2, 0.25) is 0 Å². The molecular weight excluding hydrogens is 416 g/mol. The number of nitrogens with zero attached hydrogens (tertiary/aromatic N) is 4. The van der Waals surface area contributed by atoms with Crippen LogP contribution in [0.5, 0.6) is 0 Å². The Morgan fingerprint density at radius 3 is 1.03 bits per heavy atom. The van der Waals surface area contributed by atoms with E-state index in [2.05, 4.69) is 66.8 Å². The fourth-order valence-corrected chi connectivity index (χ4v) is 5.00. The van der Waals surface area contributed by atoms with Crippen LogP contribution in [0, 0.1) is 9.54 Å². The highest BCUT2D eigenvalue weighted by atomic mass is 32.1. The van der Waals surface area contributed by atoms with Gasteiger partial charge in [0.05, 0.1) is 48.5 Å². The number of fused-ring (bicyclic) bond motifs is 10. The van der Waals surface area contributed by atoms with Crippen LogP contribution in [-0.2, 0) is 35.7 Å². The van der Waals surface area contributed by atoms with Crippen molar-refractivity contribution in [3.8, 4) is 0 Å². The Hall–Kier alpha value is -2.26. The van der Waals surface area contributed by atoms with E-state index >= 15 is 0 Å². The predicted octanol–water partition coefficient (Wildman–Crippen LogP) is 4.40. The SMILES string of the molecule is S=c1n2c3ccccc3n1CCOCCn1c(=S)n(c3ccccc31)CCOCC2. The molecule has 5 rings (SSSR count). The molecule has 0 fully saturated rings. The molecule has 0 unspecified atom stereocenters. The van der Waals surface area contributed by atoms with Crippen LogP contribution in [0.2, 0.25) is 0 Å². The van der Waals surface area contributed by atoms with E-state index in [1.54, 1.807) is 0 Å². The van der Waals surface area contributed by atoms with Crippen LogP contribution < -0.4 is 0 Å². The maximum atomic E-state index is 6.00. The van der Waals surface area contributed by atoms with Gasteiger partial charge in [-0.2, -0.15) is 0 Å². The van der Waals surface area contributed by atoms with E-state index in [1.807, 2.05) is 0 Å². The van der Waals surface area contributed by atoms with Gasteiger partial charge in [0.25, 0.3) is 0 Å². The molecule has 0 N–H and O–H groups in total. The van der Waals surface area contributed by atoms with E-state index in [9.17, 15) is 0 Å². The fourth-order valence-electron chi connectivity index (χ4n) is 4.24. The fraction of sp³-hybridized carbons (Fsp3) is 0.364. The Morgan fingerprint density at radius 1 is 0.500 bits per heavy atom. The Balaban J connectivity index is 1.47. The summed E-state index contributed by atoms with van der Waals surface area (Å²) in [5, 5.41) is 0. The minimum atomic E-state index is 0.602. The maximum absolute atomic E-state index is 6.00. The van der Waals surface area contributed by atoms with Crippen LogP contribution in [0.4, 0.5) is 0 Å². The van der Waals surface area contributed by atoms with Gasteiger partial charge in [-0.15, -0.1) is 0 Å². The van der Waals surface area contributed by atoms with Crippen LogP contribution >= 0.6 is 24.4 Å². The molecule has 30 heavy (non-hydrogen) atoms. The van der Waals surface area contributed by atoms with E-state index in [0.717, 1.165) is 57.8 Å². The smallest absolute Gasteiger partial charge is 0.180 e. The number of benzene rings is 2. The molecule has 0 spiro atoms. The van der Waals surface area contributed by atoms with Gasteiger partial charge in [-0.25, -0.2) is 0 Å². The van der Waals surface area contributed by atoms with Gasteiger partial charge in [0.1, 0.15) is 0 Å². The number of ether oxygens (including phenoxy) is 2. The van der Waals surface area contributed by atoms with Crippen molar-refractivity contribution < 1.29 is 9.47 Å². The number of hydrogen-bond acceptors (Lipinski definition) is 4. The van der Waals surface area contributed by atoms with Gasteiger partial charge < -0.3 is 27.7 Å². The number of imidazole rings is 2. The molecule has 2 aromatic carbocycles. The molecule has 0 radical (unpaired) electrons. The van der Waals surface area contributed by atoms with Crippen LogP contribution in [0.15, 0.2) is 48.5 Å². The molecule has 0 atom stereocenters. The van der Waals surface area contributed by atoms with Gasteiger partial charge in [0.15, 0.2) is 9.54 Å². The van der Waals surface area contributed by atoms with Gasteiger partial charge in [-0.3, -0.25) is 0 Å². The molecule has 3 heterocycles. The van der Waals surface area contributed by atoms with Crippen molar-refractivity contribution in [3.63, 3.8) is 0 Å². The Morgan fingerprint density at radius 2 is 0.767 bits per heavy atom. The van der Waals surface area contributed by atoms with Gasteiger partial charge >= 0.3 is 0 Å². The summed E-state index contributed by atoms with van der Waals surface area (Å²) >= 11 is 11.5. The summed E-state index contributed by atoms with van der Waals surface area (Å²) in [4.78, 5) is 0. The summed E-state index contributed by atoms with van der Waals surface area (Å²) in [5.74, 6) is 0. The van der Waals surface area contributed by atoms with E-state index in [4.69, 9.17) is 33.9 Å². The minimum absolute atomic E-state index is 0.602. The highest BCUT2D eigenvalue weighted by Crippen LogP contribution is 2.20. The monoisotopic (exact) mass is 440 g/mol. The van der Waals surface area contributed by atoms with E-state index in [1.165, 1.54) is 0 Å². The molecule has 0 aliphatic carbocycles. The molecule has 0 saturated carbocycles. The van der Waals surface area contributed by atoms with Crippen LogP contribution in [0.1, 0.15) is 0 Å². The van der Waals surface area contributed by atoms with Crippen LogP contribution in [-0.4, -0.2) is 44.7 Å². The third-order valence-electron chi connectivity index (χ3n) is 5.69. The summed E-state index contributed by atoms with van der Waals surface area (Å²) in [5.41, 5.74) is 4.55. The van der Waals surface area contributed by atoms with Gasteiger partial charge in [-0.05, 0) is 48.7 Å². The molecule has 0 saturated heterocycles. The first-order valence-electron chi connectivity index (χ1n) is 10.3. The summed E-state index contributed by atoms with van der Waals surface area (Å²) in [6.45, 7) is 5.30. The lowest BCUT2D eigenvalue weighted by Gasteiger charge is -2.10. The normalized spacial score (nSPS) is 16.3. The number of hydrogen-bond donors (Lipinski definition) is 0. The molecule has 0 amide bonds. The van der Waals surface area contributed by atoms with Crippen molar-refractivity contribution in [1.29, 1.82) is 0 Å². The van der Waals surface area contributed by atoms with Crippen molar-refractivity contribution in [3.05, 3.63) is 58.1 Å². The molecule has 8 heteroatoms. The summed E-state index contributed by atoms with van der Waals surface area (Å²) in [6.07, 6.45) is 0. The van der Waals surface area contributed by atoms with E-state index in [0.29, 0.717) is 26.4 Å². The first kappa shape index (κ1) is 19.7. The molecule has 1 aliphatic rings. The predicted molar refractivity (Wildman–Crippen MR) is 123 cm³/mol. The molecule has 2 aromatic heterocycles. The van der Waals surface area contributed by atoms with Crippen LogP contribution in [0.25, 0.3) is 22.1 Å². The minimum Gasteiger partial charge on any atom is -0.378 e. The average molecular weight is 441 g/mol. The second-order valence-electron chi connectivity index (χ2n) is 7.37. The van der Waals surface area contributed by atoms with Crippen molar-refractivity contribution in [2.45, 2.75) is 26.2 Å². The quantitative estimate of drug-likeness (QED) is 0.380. The van der Waals surface area contributed by atoms with E-state index in [-0.39, 0.29) is 0 Å². The summed E-state index contributed by atoms with van der Waals surface area (Å²) < 4.78 is 22.3. The molecule has 6 nitrogen and oxygen atoms in total. The third-order valence-corrected chi connectivity index (χ3v) is 6.57. The number of rotatable bonds is 0. The number of aromatic nitrogens is 4. The lowest BCUT2D eigenvalue weighted by Crippen LogP contribution is -2.14. The van der Waals surface area contributed by atoms with Crippen LogP contribution in [0.3, 0.4) is 0 Å². The van der Waals surface area contributed by atoms with Crippen molar-refractivity contribution in [2.24, 2.45) is 0 Å².